The summed E-state index contributed by atoms with van der Waals surface area (Å²) in [6, 6.07) is 3.31. The van der Waals surface area contributed by atoms with Crippen LogP contribution in [0.4, 0.5) is 0 Å². The summed E-state index contributed by atoms with van der Waals surface area (Å²) in [5.74, 6) is 0.490. The Hall–Kier alpha value is -3.01. The lowest BCUT2D eigenvalue weighted by Crippen LogP contribution is -2.51. The molecule has 9 nitrogen and oxygen atoms in total. The molecule has 1 aliphatic carbocycles. The van der Waals surface area contributed by atoms with Crippen LogP contribution in [-0.4, -0.2) is 62.8 Å². The summed E-state index contributed by atoms with van der Waals surface area (Å²) in [5, 5.41) is 8.99. The number of aryl methyl sites for hydroxylation is 1. The number of amides is 2. The monoisotopic (exact) mass is 483 g/mol. The van der Waals surface area contributed by atoms with Crippen molar-refractivity contribution in [1.29, 1.82) is 0 Å². The minimum absolute atomic E-state index is 0.150. The van der Waals surface area contributed by atoms with Gasteiger partial charge in [0.2, 0.25) is 5.91 Å². The third-order valence-corrected chi connectivity index (χ3v) is 8.24. The van der Waals surface area contributed by atoms with E-state index in [0.717, 1.165) is 24.8 Å². The molecule has 0 aromatic carbocycles. The highest BCUT2D eigenvalue weighted by molar-refractivity contribution is 7.18. The van der Waals surface area contributed by atoms with Gasteiger partial charge in [0.15, 0.2) is 10.6 Å². The van der Waals surface area contributed by atoms with Gasteiger partial charge in [-0.2, -0.15) is 0 Å². The number of furan rings is 1. The zero-order valence-corrected chi connectivity index (χ0v) is 20.6. The lowest BCUT2D eigenvalue weighted by Gasteiger charge is -2.34. The molecule has 0 radical (unpaired) electrons. The van der Waals surface area contributed by atoms with Gasteiger partial charge in [0.1, 0.15) is 6.54 Å². The molecule has 0 saturated carbocycles. The Bertz CT molecular complexity index is 1280. The highest BCUT2D eigenvalue weighted by atomic mass is 32.1. The van der Waals surface area contributed by atoms with Crippen molar-refractivity contribution in [3.05, 3.63) is 45.0 Å². The second-order valence-electron chi connectivity index (χ2n) is 10.2. The van der Waals surface area contributed by atoms with E-state index >= 15 is 0 Å². The van der Waals surface area contributed by atoms with Gasteiger partial charge in [0.25, 0.3) is 11.5 Å². The fraction of sp³-hybridized carbons (Fsp3) is 0.542. The van der Waals surface area contributed by atoms with Crippen LogP contribution in [0.25, 0.3) is 10.2 Å². The smallest absolute Gasteiger partial charge is 0.289 e. The largest absolute Gasteiger partial charge is 0.459 e. The summed E-state index contributed by atoms with van der Waals surface area (Å²) in [7, 11) is 0. The van der Waals surface area contributed by atoms with Gasteiger partial charge >= 0.3 is 0 Å². The van der Waals surface area contributed by atoms with Gasteiger partial charge in [-0.3, -0.25) is 14.4 Å². The van der Waals surface area contributed by atoms with Crippen molar-refractivity contribution in [2.75, 3.05) is 26.2 Å². The predicted octanol–water partition coefficient (Wildman–Crippen LogP) is 2.58. The van der Waals surface area contributed by atoms with Gasteiger partial charge in [0.05, 0.1) is 11.6 Å². The Morgan fingerprint density at radius 1 is 1.18 bits per heavy atom. The Kier molecular flexibility index (Phi) is 5.79. The van der Waals surface area contributed by atoms with Crippen LogP contribution in [0.2, 0.25) is 0 Å². The fourth-order valence-corrected chi connectivity index (χ4v) is 6.15. The van der Waals surface area contributed by atoms with E-state index in [1.807, 2.05) is 0 Å². The van der Waals surface area contributed by atoms with Crippen LogP contribution in [0.5, 0.6) is 0 Å². The van der Waals surface area contributed by atoms with Crippen LogP contribution < -0.4 is 5.56 Å². The number of rotatable bonds is 3. The number of fused-ring (bicyclic) bond motifs is 3. The van der Waals surface area contributed by atoms with Crippen molar-refractivity contribution in [1.82, 2.24) is 24.8 Å². The first-order valence-electron chi connectivity index (χ1n) is 11.7. The molecule has 3 aromatic heterocycles. The number of thiophene rings is 1. The second-order valence-corrected chi connectivity index (χ2v) is 11.3. The Labute approximate surface area is 201 Å². The third-order valence-electron chi connectivity index (χ3n) is 7.10. The zero-order valence-electron chi connectivity index (χ0n) is 19.7. The van der Waals surface area contributed by atoms with Crippen LogP contribution in [0.1, 0.15) is 48.2 Å². The summed E-state index contributed by atoms with van der Waals surface area (Å²) in [6.45, 7) is 8.28. The topological polar surface area (TPSA) is 102 Å². The molecular formula is C24H29N5O4S. The molecule has 2 aliphatic rings. The van der Waals surface area contributed by atoms with Gasteiger partial charge in [-0.15, -0.1) is 16.4 Å². The first kappa shape index (κ1) is 22.8. The number of hydrogen-bond acceptors (Lipinski definition) is 7. The van der Waals surface area contributed by atoms with E-state index in [0.29, 0.717) is 48.1 Å². The average molecular weight is 484 g/mol. The number of carbonyl (C=O) groups excluding carboxylic acids is 2. The van der Waals surface area contributed by atoms with Crippen LogP contribution in [0, 0.1) is 11.3 Å². The number of piperazine rings is 1. The quantitative estimate of drug-likeness (QED) is 0.568. The van der Waals surface area contributed by atoms with Crippen molar-refractivity contribution in [2.24, 2.45) is 11.3 Å². The zero-order chi connectivity index (χ0) is 24.0. The van der Waals surface area contributed by atoms with E-state index < -0.39 is 0 Å². The Balaban J connectivity index is 1.28. The summed E-state index contributed by atoms with van der Waals surface area (Å²) in [6.07, 6.45) is 4.33. The molecule has 1 fully saturated rings. The van der Waals surface area contributed by atoms with Gasteiger partial charge in [-0.05, 0) is 48.3 Å². The maximum absolute atomic E-state index is 13.3. The molecule has 0 bridgehead atoms. The number of carbonyl (C=O) groups is 2. The molecule has 0 spiro atoms. The molecule has 5 rings (SSSR count). The Morgan fingerprint density at radius 2 is 1.91 bits per heavy atom. The minimum Gasteiger partial charge on any atom is -0.459 e. The molecule has 34 heavy (non-hydrogen) atoms. The van der Waals surface area contributed by atoms with Gasteiger partial charge in [-0.1, -0.05) is 26.0 Å². The van der Waals surface area contributed by atoms with E-state index in [-0.39, 0.29) is 29.3 Å². The number of nitrogens with zero attached hydrogens (tertiary/aromatic N) is 5. The van der Waals surface area contributed by atoms with E-state index in [4.69, 9.17) is 4.42 Å². The standard InChI is InChI=1S/C24H29N5O4S/c1-24(2,3)15-6-7-16-18(13-15)34-21-20(16)23(32)29(26-25-21)14-19(30)27-8-10-28(11-9-27)22(31)17-5-4-12-33-17/h4-5,12,15H,6-11,13-14H2,1-3H3/t15-/m0/s1. The van der Waals surface area contributed by atoms with E-state index in [9.17, 15) is 14.4 Å². The SMILES string of the molecule is CC(C)(C)[C@H]1CCc2c(sc3nnn(CC(=O)N4CCN(C(=O)c5ccco5)CC4)c(=O)c23)C1. The molecule has 10 heteroatoms. The molecule has 180 valence electrons. The van der Waals surface area contributed by atoms with Crippen molar-refractivity contribution in [3.8, 4) is 0 Å². The highest BCUT2D eigenvalue weighted by Gasteiger charge is 2.32. The lowest BCUT2D eigenvalue weighted by atomic mass is 9.72. The predicted molar refractivity (Wildman–Crippen MR) is 128 cm³/mol. The molecular weight excluding hydrogens is 454 g/mol. The van der Waals surface area contributed by atoms with Crippen LogP contribution in [0.3, 0.4) is 0 Å². The third kappa shape index (κ3) is 4.15. The number of aromatic nitrogens is 3. The van der Waals surface area contributed by atoms with E-state index in [2.05, 4.69) is 31.1 Å². The van der Waals surface area contributed by atoms with E-state index in [1.165, 1.54) is 15.8 Å². The first-order chi connectivity index (χ1) is 16.2. The highest BCUT2D eigenvalue weighted by Crippen LogP contribution is 2.41. The molecule has 0 unspecified atom stereocenters. The van der Waals surface area contributed by atoms with Gasteiger partial charge < -0.3 is 14.2 Å². The maximum Gasteiger partial charge on any atom is 0.289 e. The average Bonchev–Trinajstić information content (AvgIpc) is 3.47. The normalized spacial score (nSPS) is 18.9. The van der Waals surface area contributed by atoms with Crippen molar-refractivity contribution in [3.63, 3.8) is 0 Å². The van der Waals surface area contributed by atoms with Crippen LogP contribution in [-0.2, 0) is 24.2 Å². The summed E-state index contributed by atoms with van der Waals surface area (Å²) < 4.78 is 6.37. The number of hydrogen-bond donors (Lipinski definition) is 0. The molecule has 4 heterocycles. The molecule has 3 aromatic rings. The summed E-state index contributed by atoms with van der Waals surface area (Å²) in [4.78, 5) is 43.8. The van der Waals surface area contributed by atoms with E-state index in [1.54, 1.807) is 33.3 Å². The fourth-order valence-electron chi connectivity index (χ4n) is 4.91. The molecule has 1 aliphatic heterocycles. The lowest BCUT2D eigenvalue weighted by molar-refractivity contribution is -0.133. The molecule has 0 N–H and O–H groups in total. The summed E-state index contributed by atoms with van der Waals surface area (Å²) in [5.41, 5.74) is 1.07. The van der Waals surface area contributed by atoms with Gasteiger partial charge in [0, 0.05) is 31.1 Å². The van der Waals surface area contributed by atoms with Crippen LogP contribution in [0.15, 0.2) is 27.6 Å². The minimum atomic E-state index is -0.239. The molecule has 1 atom stereocenters. The first-order valence-corrected chi connectivity index (χ1v) is 12.5. The van der Waals surface area contributed by atoms with Crippen molar-refractivity contribution >= 4 is 33.4 Å². The van der Waals surface area contributed by atoms with Crippen molar-refractivity contribution < 1.29 is 14.0 Å². The van der Waals surface area contributed by atoms with Gasteiger partial charge in [-0.25, -0.2) is 4.68 Å². The summed E-state index contributed by atoms with van der Waals surface area (Å²) >= 11 is 1.56. The Morgan fingerprint density at radius 3 is 2.59 bits per heavy atom. The maximum atomic E-state index is 13.3. The second kappa shape index (κ2) is 8.65. The molecule has 1 saturated heterocycles. The van der Waals surface area contributed by atoms with Crippen molar-refractivity contribution in [2.45, 2.75) is 46.6 Å². The molecule has 2 amide bonds. The van der Waals surface area contributed by atoms with Crippen LogP contribution >= 0.6 is 11.3 Å².